The second-order valence-electron chi connectivity index (χ2n) is 5.23. The predicted octanol–water partition coefficient (Wildman–Crippen LogP) is 4.22. The molecule has 0 saturated heterocycles. The highest BCUT2D eigenvalue weighted by molar-refractivity contribution is 5.69. The number of ether oxygens (including phenoxy) is 1. The second kappa shape index (κ2) is 15.5. The Bertz CT molecular complexity index is 192. The number of aliphatic hydroxyl groups is 1. The molecule has 19 heavy (non-hydrogen) atoms. The molecule has 0 aliphatic carbocycles. The van der Waals surface area contributed by atoms with Crippen LogP contribution in [-0.2, 0) is 9.53 Å². The summed E-state index contributed by atoms with van der Waals surface area (Å²) < 4.78 is 5.17. The van der Waals surface area contributed by atoms with Crippen LogP contribution < -0.4 is 0 Å². The zero-order chi connectivity index (χ0) is 14.2. The Labute approximate surface area is 118 Å². The third kappa shape index (κ3) is 15.4. The molecule has 0 spiro atoms. The molecule has 0 aliphatic rings. The first-order valence-electron chi connectivity index (χ1n) is 8.07. The molecule has 3 nitrogen and oxygen atoms in total. The fraction of sp³-hybridized carbons (Fsp3) is 0.938. The first-order chi connectivity index (χ1) is 9.31. The molecule has 0 unspecified atom stereocenters. The standard InChI is InChI=1S/C16H32O3/c1-2-3-4-5-6-7-8-12-15-19-16(18)13-10-9-11-14-17/h17H,2-15H2,1H3. The molecule has 1 N–H and O–H groups in total. The van der Waals surface area contributed by atoms with Crippen LogP contribution in [0.5, 0.6) is 0 Å². The van der Waals surface area contributed by atoms with Crippen molar-refractivity contribution in [2.24, 2.45) is 0 Å². The van der Waals surface area contributed by atoms with Gasteiger partial charge in [0.25, 0.3) is 0 Å². The summed E-state index contributed by atoms with van der Waals surface area (Å²) in [5.41, 5.74) is 0. The maximum absolute atomic E-state index is 11.3. The molecule has 0 rings (SSSR count). The molecule has 0 aromatic heterocycles. The van der Waals surface area contributed by atoms with Crippen LogP contribution in [0.1, 0.15) is 84.0 Å². The number of esters is 1. The van der Waals surface area contributed by atoms with Gasteiger partial charge in [-0.1, -0.05) is 58.3 Å². The van der Waals surface area contributed by atoms with Gasteiger partial charge in [-0.25, -0.2) is 0 Å². The van der Waals surface area contributed by atoms with E-state index in [0.29, 0.717) is 13.0 Å². The van der Waals surface area contributed by atoms with E-state index in [4.69, 9.17) is 9.84 Å². The summed E-state index contributed by atoms with van der Waals surface area (Å²) in [4.78, 5) is 11.3. The summed E-state index contributed by atoms with van der Waals surface area (Å²) >= 11 is 0. The van der Waals surface area contributed by atoms with Crippen molar-refractivity contribution >= 4 is 5.97 Å². The zero-order valence-electron chi connectivity index (χ0n) is 12.7. The third-order valence-electron chi connectivity index (χ3n) is 3.30. The van der Waals surface area contributed by atoms with Crippen molar-refractivity contribution < 1.29 is 14.6 Å². The Morgan fingerprint density at radius 2 is 1.42 bits per heavy atom. The normalized spacial score (nSPS) is 10.6. The van der Waals surface area contributed by atoms with E-state index in [0.717, 1.165) is 25.7 Å². The van der Waals surface area contributed by atoms with Crippen molar-refractivity contribution in [2.45, 2.75) is 84.0 Å². The van der Waals surface area contributed by atoms with E-state index < -0.39 is 0 Å². The molecule has 0 atom stereocenters. The van der Waals surface area contributed by atoms with Gasteiger partial charge in [-0.15, -0.1) is 0 Å². The van der Waals surface area contributed by atoms with Gasteiger partial charge in [0.05, 0.1) is 6.61 Å². The van der Waals surface area contributed by atoms with Gasteiger partial charge in [0.15, 0.2) is 0 Å². The van der Waals surface area contributed by atoms with Gasteiger partial charge in [0.1, 0.15) is 0 Å². The zero-order valence-corrected chi connectivity index (χ0v) is 12.7. The van der Waals surface area contributed by atoms with Crippen LogP contribution in [0.4, 0.5) is 0 Å². The van der Waals surface area contributed by atoms with Crippen LogP contribution in [0, 0.1) is 0 Å². The number of carbonyl (C=O) groups is 1. The van der Waals surface area contributed by atoms with Crippen molar-refractivity contribution in [1.82, 2.24) is 0 Å². The quantitative estimate of drug-likeness (QED) is 0.380. The van der Waals surface area contributed by atoms with Crippen molar-refractivity contribution in [3.8, 4) is 0 Å². The first-order valence-corrected chi connectivity index (χ1v) is 8.07. The minimum Gasteiger partial charge on any atom is -0.466 e. The molecule has 0 saturated carbocycles. The van der Waals surface area contributed by atoms with Gasteiger partial charge < -0.3 is 9.84 Å². The minimum atomic E-state index is -0.0825. The van der Waals surface area contributed by atoms with Crippen LogP contribution in [-0.4, -0.2) is 24.3 Å². The van der Waals surface area contributed by atoms with Gasteiger partial charge in [-0.05, 0) is 19.3 Å². The lowest BCUT2D eigenvalue weighted by atomic mass is 10.1. The van der Waals surface area contributed by atoms with E-state index in [9.17, 15) is 4.79 Å². The number of aliphatic hydroxyl groups excluding tert-OH is 1. The van der Waals surface area contributed by atoms with Gasteiger partial charge in [0.2, 0.25) is 0 Å². The summed E-state index contributed by atoms with van der Waals surface area (Å²) in [6.07, 6.45) is 13.1. The number of unbranched alkanes of at least 4 members (excludes halogenated alkanes) is 9. The van der Waals surface area contributed by atoms with E-state index in [2.05, 4.69) is 6.92 Å². The van der Waals surface area contributed by atoms with Crippen LogP contribution in [0.3, 0.4) is 0 Å². The highest BCUT2D eigenvalue weighted by atomic mass is 16.5. The molecule has 0 aromatic carbocycles. The summed E-state index contributed by atoms with van der Waals surface area (Å²) in [5, 5.41) is 8.61. The average Bonchev–Trinajstić information content (AvgIpc) is 2.42. The Morgan fingerprint density at radius 1 is 0.842 bits per heavy atom. The molecule has 0 amide bonds. The van der Waals surface area contributed by atoms with Crippen LogP contribution in [0.2, 0.25) is 0 Å². The van der Waals surface area contributed by atoms with E-state index in [1.807, 2.05) is 0 Å². The summed E-state index contributed by atoms with van der Waals surface area (Å²) in [7, 11) is 0. The summed E-state index contributed by atoms with van der Waals surface area (Å²) in [6, 6.07) is 0. The van der Waals surface area contributed by atoms with Crippen molar-refractivity contribution in [1.29, 1.82) is 0 Å². The lowest BCUT2D eigenvalue weighted by molar-refractivity contribution is -0.143. The van der Waals surface area contributed by atoms with Gasteiger partial charge in [-0.2, -0.15) is 0 Å². The molecule has 0 fully saturated rings. The smallest absolute Gasteiger partial charge is 0.305 e. The lowest BCUT2D eigenvalue weighted by Gasteiger charge is -2.05. The Kier molecular flexibility index (Phi) is 15.0. The number of hydrogen-bond acceptors (Lipinski definition) is 3. The van der Waals surface area contributed by atoms with Crippen molar-refractivity contribution in [3.63, 3.8) is 0 Å². The van der Waals surface area contributed by atoms with E-state index in [-0.39, 0.29) is 12.6 Å². The van der Waals surface area contributed by atoms with Crippen LogP contribution in [0.25, 0.3) is 0 Å². The molecule has 0 aliphatic heterocycles. The van der Waals surface area contributed by atoms with Crippen LogP contribution >= 0.6 is 0 Å². The predicted molar refractivity (Wildman–Crippen MR) is 79.1 cm³/mol. The minimum absolute atomic E-state index is 0.0825. The Morgan fingerprint density at radius 3 is 2.05 bits per heavy atom. The second-order valence-corrected chi connectivity index (χ2v) is 5.23. The molecule has 0 bridgehead atoms. The topological polar surface area (TPSA) is 46.5 Å². The molecule has 0 radical (unpaired) electrons. The molecule has 3 heteroatoms. The molecular weight excluding hydrogens is 240 g/mol. The lowest BCUT2D eigenvalue weighted by Crippen LogP contribution is -2.05. The maximum atomic E-state index is 11.3. The average molecular weight is 272 g/mol. The first kappa shape index (κ1) is 18.4. The van der Waals surface area contributed by atoms with Crippen molar-refractivity contribution in [3.05, 3.63) is 0 Å². The molecule has 0 heterocycles. The highest BCUT2D eigenvalue weighted by Crippen LogP contribution is 2.08. The number of carbonyl (C=O) groups excluding carboxylic acids is 1. The number of hydrogen-bond donors (Lipinski definition) is 1. The summed E-state index contributed by atoms with van der Waals surface area (Å²) in [5.74, 6) is -0.0825. The van der Waals surface area contributed by atoms with Gasteiger partial charge in [0, 0.05) is 13.0 Å². The SMILES string of the molecule is CCCCCCCCCCOC(=O)CCCCCO. The van der Waals surface area contributed by atoms with E-state index >= 15 is 0 Å². The fourth-order valence-corrected chi connectivity index (χ4v) is 2.05. The number of rotatable bonds is 14. The van der Waals surface area contributed by atoms with Gasteiger partial charge in [-0.3, -0.25) is 4.79 Å². The van der Waals surface area contributed by atoms with Gasteiger partial charge >= 0.3 is 5.97 Å². The molecule has 0 aromatic rings. The van der Waals surface area contributed by atoms with Crippen LogP contribution in [0.15, 0.2) is 0 Å². The molecule has 114 valence electrons. The van der Waals surface area contributed by atoms with E-state index in [1.165, 1.54) is 44.9 Å². The maximum Gasteiger partial charge on any atom is 0.305 e. The third-order valence-corrected chi connectivity index (χ3v) is 3.30. The van der Waals surface area contributed by atoms with E-state index in [1.54, 1.807) is 0 Å². The highest BCUT2D eigenvalue weighted by Gasteiger charge is 2.01. The van der Waals surface area contributed by atoms with Crippen molar-refractivity contribution in [2.75, 3.05) is 13.2 Å². The monoisotopic (exact) mass is 272 g/mol. The Balaban J connectivity index is 3.10. The largest absolute Gasteiger partial charge is 0.466 e. The Hall–Kier alpha value is -0.570. The fourth-order valence-electron chi connectivity index (χ4n) is 2.05. The molecular formula is C16H32O3. The summed E-state index contributed by atoms with van der Waals surface area (Å²) in [6.45, 7) is 3.03.